The molecule has 7 heteroatoms. The van der Waals surface area contributed by atoms with Gasteiger partial charge in [-0.1, -0.05) is 13.8 Å². The van der Waals surface area contributed by atoms with Crippen LogP contribution in [0.4, 0.5) is 0 Å². The van der Waals surface area contributed by atoms with Crippen LogP contribution < -0.4 is 0 Å². The van der Waals surface area contributed by atoms with Gasteiger partial charge in [-0.25, -0.2) is 13.2 Å². The highest BCUT2D eigenvalue weighted by molar-refractivity contribution is 7.89. The van der Waals surface area contributed by atoms with Gasteiger partial charge < -0.3 is 9.52 Å². The summed E-state index contributed by atoms with van der Waals surface area (Å²) in [5, 5.41) is 8.38. The highest BCUT2D eigenvalue weighted by atomic mass is 32.2. The number of hydrogen-bond donors (Lipinski definition) is 1. The van der Waals surface area contributed by atoms with E-state index in [0.717, 1.165) is 6.07 Å². The van der Waals surface area contributed by atoms with E-state index < -0.39 is 16.0 Å². The van der Waals surface area contributed by atoms with Gasteiger partial charge in [0.1, 0.15) is 0 Å². The summed E-state index contributed by atoms with van der Waals surface area (Å²) in [5.74, 6) is -1.67. The van der Waals surface area contributed by atoms with Crippen LogP contribution in [-0.4, -0.2) is 36.4 Å². The maximum absolute atomic E-state index is 12.2. The Kier molecular flexibility index (Phi) is 4.53. The van der Waals surface area contributed by atoms with E-state index in [1.165, 1.54) is 10.4 Å². The lowest BCUT2D eigenvalue weighted by atomic mass is 10.3. The van der Waals surface area contributed by atoms with Gasteiger partial charge in [0.25, 0.3) is 10.0 Å². The van der Waals surface area contributed by atoms with Gasteiger partial charge in [-0.3, -0.25) is 0 Å². The largest absolute Gasteiger partial charge is 0.475 e. The van der Waals surface area contributed by atoms with Crippen LogP contribution in [0.1, 0.15) is 37.7 Å². The molecule has 18 heavy (non-hydrogen) atoms. The zero-order chi connectivity index (χ0) is 13.9. The maximum Gasteiger partial charge on any atom is 0.371 e. The number of hydrogen-bond acceptors (Lipinski definition) is 4. The summed E-state index contributed by atoms with van der Waals surface area (Å²) < 4.78 is 30.6. The monoisotopic (exact) mass is 275 g/mol. The number of carboxylic acids is 1. The fraction of sp³-hybridized carbons (Fsp3) is 0.545. The molecule has 6 nitrogen and oxygen atoms in total. The summed E-state index contributed by atoms with van der Waals surface area (Å²) in [5.41, 5.74) is 0. The quantitative estimate of drug-likeness (QED) is 0.855. The van der Waals surface area contributed by atoms with E-state index in [1.807, 2.05) is 6.92 Å². The van der Waals surface area contributed by atoms with Crippen LogP contribution in [0.2, 0.25) is 0 Å². The molecule has 0 aliphatic carbocycles. The molecule has 1 N–H and O–H groups in total. The molecule has 0 aliphatic rings. The van der Waals surface area contributed by atoms with Crippen molar-refractivity contribution in [2.45, 2.75) is 38.3 Å². The normalized spacial score (nSPS) is 13.8. The van der Waals surface area contributed by atoms with Crippen molar-refractivity contribution in [1.29, 1.82) is 0 Å². The summed E-state index contributed by atoms with van der Waals surface area (Å²) in [6.45, 7) is 5.71. The summed E-state index contributed by atoms with van der Waals surface area (Å²) in [6, 6.07) is 2.14. The first-order valence-corrected chi connectivity index (χ1v) is 7.13. The Bertz CT molecular complexity index is 519. The molecule has 102 valence electrons. The van der Waals surface area contributed by atoms with Crippen molar-refractivity contribution in [1.82, 2.24) is 4.31 Å². The lowest BCUT2D eigenvalue weighted by molar-refractivity contribution is 0.0656. The van der Waals surface area contributed by atoms with E-state index in [0.29, 0.717) is 13.0 Å². The first kappa shape index (κ1) is 14.7. The third kappa shape index (κ3) is 2.73. The zero-order valence-electron chi connectivity index (χ0n) is 10.6. The first-order valence-electron chi connectivity index (χ1n) is 5.69. The number of rotatable bonds is 6. The van der Waals surface area contributed by atoms with E-state index in [9.17, 15) is 13.2 Å². The van der Waals surface area contributed by atoms with Gasteiger partial charge in [0.2, 0.25) is 10.9 Å². The smallest absolute Gasteiger partial charge is 0.371 e. The predicted octanol–water partition coefficient (Wildman–Crippen LogP) is 1.79. The minimum absolute atomic E-state index is 0.168. The van der Waals surface area contributed by atoms with Crippen LogP contribution in [0, 0.1) is 0 Å². The van der Waals surface area contributed by atoms with Crippen LogP contribution in [0.5, 0.6) is 0 Å². The summed E-state index contributed by atoms with van der Waals surface area (Å²) in [4.78, 5) is 10.7. The minimum atomic E-state index is -3.77. The van der Waals surface area contributed by atoms with Gasteiger partial charge in [-0.2, -0.15) is 4.31 Å². The summed E-state index contributed by atoms with van der Waals surface area (Å²) in [6.07, 6.45) is 0.666. The lowest BCUT2D eigenvalue weighted by Gasteiger charge is -2.24. The van der Waals surface area contributed by atoms with Gasteiger partial charge in [-0.15, -0.1) is 0 Å². The average molecular weight is 275 g/mol. The molecule has 0 radical (unpaired) electrons. The summed E-state index contributed by atoms with van der Waals surface area (Å²) >= 11 is 0. The Morgan fingerprint density at radius 3 is 2.44 bits per heavy atom. The van der Waals surface area contributed by atoms with E-state index in [-0.39, 0.29) is 16.9 Å². The Labute approximate surface area is 106 Å². The molecule has 0 bridgehead atoms. The van der Waals surface area contributed by atoms with Gasteiger partial charge in [0.15, 0.2) is 0 Å². The van der Waals surface area contributed by atoms with Crippen LogP contribution in [-0.2, 0) is 10.0 Å². The second-order valence-corrected chi connectivity index (χ2v) is 5.71. The van der Waals surface area contributed by atoms with Gasteiger partial charge in [-0.05, 0) is 25.5 Å². The molecule has 0 fully saturated rings. The molecule has 1 heterocycles. The molecule has 0 spiro atoms. The van der Waals surface area contributed by atoms with Crippen molar-refractivity contribution in [2.24, 2.45) is 0 Å². The number of aromatic carboxylic acids is 1. The Hall–Kier alpha value is -1.34. The van der Waals surface area contributed by atoms with E-state index >= 15 is 0 Å². The van der Waals surface area contributed by atoms with Gasteiger partial charge in [0, 0.05) is 12.6 Å². The Balaban J connectivity index is 3.14. The number of sulfonamides is 1. The molecular formula is C11H17NO5S. The first-order chi connectivity index (χ1) is 8.34. The molecule has 1 unspecified atom stereocenters. The standard InChI is InChI=1S/C11H17NO5S/c1-4-8(3)12(5-2)18(15,16)10-7-6-9(17-10)11(13)14/h6-8H,4-5H2,1-3H3,(H,13,14). The van der Waals surface area contributed by atoms with Crippen LogP contribution >= 0.6 is 0 Å². The van der Waals surface area contributed by atoms with Crippen molar-refractivity contribution in [2.75, 3.05) is 6.54 Å². The molecule has 0 amide bonds. The number of nitrogens with zero attached hydrogens (tertiary/aromatic N) is 1. The molecule has 1 aromatic heterocycles. The molecule has 0 aromatic carbocycles. The molecule has 1 aromatic rings. The average Bonchev–Trinajstić information content (AvgIpc) is 2.79. The highest BCUT2D eigenvalue weighted by Gasteiger charge is 2.30. The van der Waals surface area contributed by atoms with E-state index in [1.54, 1.807) is 13.8 Å². The fourth-order valence-corrected chi connectivity index (χ4v) is 3.24. The third-order valence-corrected chi connectivity index (χ3v) is 4.71. The Morgan fingerprint density at radius 2 is 2.06 bits per heavy atom. The summed E-state index contributed by atoms with van der Waals surface area (Å²) in [7, 11) is -3.77. The van der Waals surface area contributed by atoms with Crippen LogP contribution in [0.25, 0.3) is 0 Å². The topological polar surface area (TPSA) is 87.8 Å². The van der Waals surface area contributed by atoms with Crippen LogP contribution in [0.15, 0.2) is 21.6 Å². The van der Waals surface area contributed by atoms with Crippen molar-refractivity contribution < 1.29 is 22.7 Å². The maximum atomic E-state index is 12.2. The van der Waals surface area contributed by atoms with Gasteiger partial charge in [0.05, 0.1) is 0 Å². The fourth-order valence-electron chi connectivity index (χ4n) is 1.61. The van der Waals surface area contributed by atoms with Crippen LogP contribution in [0.3, 0.4) is 0 Å². The van der Waals surface area contributed by atoms with Crippen molar-refractivity contribution in [3.8, 4) is 0 Å². The van der Waals surface area contributed by atoms with Gasteiger partial charge >= 0.3 is 5.97 Å². The number of carboxylic acid groups (broad SMARTS) is 1. The molecule has 0 aliphatic heterocycles. The highest BCUT2D eigenvalue weighted by Crippen LogP contribution is 2.21. The lowest BCUT2D eigenvalue weighted by Crippen LogP contribution is -2.37. The van der Waals surface area contributed by atoms with E-state index in [2.05, 4.69) is 0 Å². The molecule has 0 saturated carbocycles. The third-order valence-electron chi connectivity index (χ3n) is 2.75. The van der Waals surface area contributed by atoms with Crippen molar-refractivity contribution in [3.63, 3.8) is 0 Å². The Morgan fingerprint density at radius 1 is 1.44 bits per heavy atom. The minimum Gasteiger partial charge on any atom is -0.475 e. The number of furan rings is 1. The second-order valence-electron chi connectivity index (χ2n) is 3.89. The molecule has 1 rings (SSSR count). The van der Waals surface area contributed by atoms with E-state index in [4.69, 9.17) is 9.52 Å². The molecular weight excluding hydrogens is 258 g/mol. The SMILES string of the molecule is CCC(C)N(CC)S(=O)(=O)c1ccc(C(=O)O)o1. The predicted molar refractivity (Wildman–Crippen MR) is 65.0 cm³/mol. The molecule has 0 saturated heterocycles. The van der Waals surface area contributed by atoms with Crippen molar-refractivity contribution in [3.05, 3.63) is 17.9 Å². The second kappa shape index (κ2) is 5.53. The number of carbonyl (C=O) groups is 1. The van der Waals surface area contributed by atoms with Crippen molar-refractivity contribution >= 4 is 16.0 Å². The zero-order valence-corrected chi connectivity index (χ0v) is 11.4. The molecule has 1 atom stereocenters.